The van der Waals surface area contributed by atoms with Gasteiger partial charge in [-0.05, 0) is 33.7 Å². The number of alkyl halides is 1. The summed E-state index contributed by atoms with van der Waals surface area (Å²) < 4.78 is 13.6. The normalized spacial score (nSPS) is 27.5. The summed E-state index contributed by atoms with van der Waals surface area (Å²) in [5, 5.41) is 12.1. The van der Waals surface area contributed by atoms with Crippen molar-refractivity contribution in [1.29, 1.82) is 0 Å². The molecule has 5 heteroatoms. The van der Waals surface area contributed by atoms with Crippen LogP contribution in [0.2, 0.25) is 0 Å². The van der Waals surface area contributed by atoms with Crippen LogP contribution >= 0.6 is 0 Å². The second-order valence-electron chi connectivity index (χ2n) is 4.90. The molecule has 0 spiro atoms. The van der Waals surface area contributed by atoms with E-state index >= 15 is 0 Å². The number of carboxylic acid groups (broad SMARTS) is 1. The van der Waals surface area contributed by atoms with E-state index in [1.807, 2.05) is 0 Å². The van der Waals surface area contributed by atoms with Gasteiger partial charge in [-0.15, -0.1) is 0 Å². The van der Waals surface area contributed by atoms with E-state index < -0.39 is 23.8 Å². The van der Waals surface area contributed by atoms with Gasteiger partial charge in [-0.3, -0.25) is 4.90 Å². The van der Waals surface area contributed by atoms with E-state index in [1.165, 1.54) is 4.90 Å². The van der Waals surface area contributed by atoms with Crippen LogP contribution in [0.4, 0.5) is 9.18 Å². The maximum Gasteiger partial charge on any atom is 0.408 e. The van der Waals surface area contributed by atoms with E-state index in [9.17, 15) is 9.18 Å². The van der Waals surface area contributed by atoms with Gasteiger partial charge in [-0.25, -0.2) is 9.18 Å². The number of amides is 1. The van der Waals surface area contributed by atoms with Gasteiger partial charge in [0.1, 0.15) is 6.17 Å². The largest absolute Gasteiger partial charge is 0.465 e. The highest BCUT2D eigenvalue weighted by Gasteiger charge is 2.39. The van der Waals surface area contributed by atoms with Gasteiger partial charge < -0.3 is 10.4 Å². The number of halogens is 1. The molecule has 1 fully saturated rings. The highest BCUT2D eigenvalue weighted by molar-refractivity contribution is 5.66. The van der Waals surface area contributed by atoms with Crippen LogP contribution in [0, 0.1) is 0 Å². The molecule has 4 nitrogen and oxygen atoms in total. The van der Waals surface area contributed by atoms with Gasteiger partial charge in [-0.2, -0.15) is 0 Å². The van der Waals surface area contributed by atoms with E-state index in [1.54, 1.807) is 20.8 Å². The van der Waals surface area contributed by atoms with Crippen LogP contribution in [0.1, 0.15) is 27.2 Å². The van der Waals surface area contributed by atoms with Crippen molar-refractivity contribution < 1.29 is 14.3 Å². The quantitative estimate of drug-likeness (QED) is 0.700. The predicted octanol–water partition coefficient (Wildman–Crippen LogP) is 1.46. The van der Waals surface area contributed by atoms with Crippen LogP contribution in [-0.4, -0.2) is 46.9 Å². The summed E-state index contributed by atoms with van der Waals surface area (Å²) in [5.74, 6) is 0. The second kappa shape index (κ2) is 4.35. The molecule has 1 amide bonds. The zero-order valence-electron chi connectivity index (χ0n) is 9.46. The monoisotopic (exact) mass is 218 g/mol. The van der Waals surface area contributed by atoms with Crippen LogP contribution in [0.5, 0.6) is 0 Å². The van der Waals surface area contributed by atoms with Crippen molar-refractivity contribution in [2.75, 3.05) is 13.1 Å². The highest BCUT2D eigenvalue weighted by Crippen LogP contribution is 2.23. The SMILES string of the molecule is CC(C)(C)N(C(=O)O)[C@@H]1CNCC[C@H]1F. The van der Waals surface area contributed by atoms with Crippen LogP contribution in [-0.2, 0) is 0 Å². The molecule has 88 valence electrons. The molecule has 1 rings (SSSR count). The minimum atomic E-state index is -1.07. The van der Waals surface area contributed by atoms with Crippen molar-refractivity contribution in [1.82, 2.24) is 10.2 Å². The fraction of sp³-hybridized carbons (Fsp3) is 0.900. The molecule has 0 saturated carbocycles. The molecular weight excluding hydrogens is 199 g/mol. The lowest BCUT2D eigenvalue weighted by Gasteiger charge is -2.42. The molecular formula is C10H19FN2O2. The van der Waals surface area contributed by atoms with E-state index in [0.717, 1.165) is 0 Å². The first-order valence-electron chi connectivity index (χ1n) is 5.21. The maximum atomic E-state index is 13.6. The van der Waals surface area contributed by atoms with Crippen molar-refractivity contribution in [3.8, 4) is 0 Å². The van der Waals surface area contributed by atoms with Gasteiger partial charge in [-0.1, -0.05) is 0 Å². The number of nitrogens with zero attached hydrogens (tertiary/aromatic N) is 1. The summed E-state index contributed by atoms with van der Waals surface area (Å²) >= 11 is 0. The summed E-state index contributed by atoms with van der Waals surface area (Å²) in [7, 11) is 0. The molecule has 1 heterocycles. The first kappa shape index (κ1) is 12.2. The number of hydrogen-bond acceptors (Lipinski definition) is 2. The number of nitrogens with one attached hydrogen (secondary N) is 1. The van der Waals surface area contributed by atoms with Crippen molar-refractivity contribution in [3.63, 3.8) is 0 Å². The Bertz CT molecular complexity index is 240. The highest BCUT2D eigenvalue weighted by atomic mass is 19.1. The molecule has 1 aliphatic rings. The lowest BCUT2D eigenvalue weighted by atomic mass is 9.97. The first-order valence-corrected chi connectivity index (χ1v) is 5.21. The Kier molecular flexibility index (Phi) is 3.54. The number of piperidine rings is 1. The lowest BCUT2D eigenvalue weighted by Crippen LogP contribution is -2.60. The topological polar surface area (TPSA) is 52.6 Å². The summed E-state index contributed by atoms with van der Waals surface area (Å²) in [6.07, 6.45) is -1.75. The molecule has 15 heavy (non-hydrogen) atoms. The lowest BCUT2D eigenvalue weighted by molar-refractivity contribution is 0.0265. The van der Waals surface area contributed by atoms with Crippen molar-refractivity contribution in [3.05, 3.63) is 0 Å². The van der Waals surface area contributed by atoms with Crippen LogP contribution in [0.25, 0.3) is 0 Å². The van der Waals surface area contributed by atoms with Gasteiger partial charge in [0.2, 0.25) is 0 Å². The molecule has 0 aromatic heterocycles. The molecule has 0 aliphatic carbocycles. The van der Waals surface area contributed by atoms with Crippen LogP contribution in [0.3, 0.4) is 0 Å². The standard InChI is InChI=1S/C10H19FN2O2/c1-10(2,3)13(9(14)15)8-6-12-5-4-7(8)11/h7-8,12H,4-6H2,1-3H3,(H,14,15)/t7-,8-/m1/s1. The number of rotatable bonds is 1. The Hall–Kier alpha value is -0.840. The van der Waals surface area contributed by atoms with Crippen LogP contribution < -0.4 is 5.32 Å². The van der Waals surface area contributed by atoms with Gasteiger partial charge in [0.15, 0.2) is 0 Å². The smallest absolute Gasteiger partial charge is 0.408 e. The number of hydrogen-bond donors (Lipinski definition) is 2. The fourth-order valence-electron chi connectivity index (χ4n) is 1.99. The summed E-state index contributed by atoms with van der Waals surface area (Å²) in [5.41, 5.74) is -0.570. The zero-order chi connectivity index (χ0) is 11.6. The summed E-state index contributed by atoms with van der Waals surface area (Å²) in [6, 6.07) is -0.573. The molecule has 0 bridgehead atoms. The Morgan fingerprint density at radius 3 is 2.53 bits per heavy atom. The minimum absolute atomic E-state index is 0.379. The van der Waals surface area contributed by atoms with Crippen molar-refractivity contribution >= 4 is 6.09 Å². The molecule has 1 aliphatic heterocycles. The van der Waals surface area contributed by atoms with E-state index in [-0.39, 0.29) is 0 Å². The zero-order valence-corrected chi connectivity index (χ0v) is 9.46. The Labute approximate surface area is 89.4 Å². The molecule has 1 saturated heterocycles. The van der Waals surface area contributed by atoms with Gasteiger partial charge >= 0.3 is 6.09 Å². The van der Waals surface area contributed by atoms with Gasteiger partial charge in [0.25, 0.3) is 0 Å². The summed E-state index contributed by atoms with van der Waals surface area (Å²) in [6.45, 7) is 6.35. The molecule has 2 atom stereocenters. The molecule has 0 aromatic carbocycles. The molecule has 2 N–H and O–H groups in total. The van der Waals surface area contributed by atoms with Crippen LogP contribution in [0.15, 0.2) is 0 Å². The average molecular weight is 218 g/mol. The van der Waals surface area contributed by atoms with E-state index in [0.29, 0.717) is 19.5 Å². The molecule has 0 radical (unpaired) electrons. The van der Waals surface area contributed by atoms with E-state index in [4.69, 9.17) is 5.11 Å². The number of carbonyl (C=O) groups is 1. The summed E-state index contributed by atoms with van der Waals surface area (Å²) in [4.78, 5) is 12.3. The second-order valence-corrected chi connectivity index (χ2v) is 4.90. The maximum absolute atomic E-state index is 13.6. The minimum Gasteiger partial charge on any atom is -0.465 e. The predicted molar refractivity (Wildman–Crippen MR) is 55.8 cm³/mol. The van der Waals surface area contributed by atoms with Crippen molar-refractivity contribution in [2.45, 2.75) is 44.9 Å². The van der Waals surface area contributed by atoms with Crippen molar-refractivity contribution in [2.24, 2.45) is 0 Å². The fourth-order valence-corrected chi connectivity index (χ4v) is 1.99. The molecule has 0 unspecified atom stereocenters. The Balaban J connectivity index is 2.83. The Morgan fingerprint density at radius 1 is 1.53 bits per heavy atom. The average Bonchev–Trinajstić information content (AvgIpc) is 2.05. The first-order chi connectivity index (χ1) is 6.84. The van der Waals surface area contributed by atoms with Gasteiger partial charge in [0, 0.05) is 12.1 Å². The van der Waals surface area contributed by atoms with Gasteiger partial charge in [0.05, 0.1) is 6.04 Å². The third-order valence-corrected chi connectivity index (χ3v) is 2.63. The van der Waals surface area contributed by atoms with E-state index in [2.05, 4.69) is 5.32 Å². The third-order valence-electron chi connectivity index (χ3n) is 2.63. The molecule has 0 aromatic rings. The Morgan fingerprint density at radius 2 is 2.13 bits per heavy atom. The third kappa shape index (κ3) is 2.81.